The average Bonchev–Trinajstić information content (AvgIpc) is 2.96. The molecule has 11 heteroatoms. The van der Waals surface area contributed by atoms with Crippen molar-refractivity contribution in [2.45, 2.75) is 25.5 Å². The summed E-state index contributed by atoms with van der Waals surface area (Å²) < 4.78 is 6.25. The quantitative estimate of drug-likeness (QED) is 0.336. The van der Waals surface area contributed by atoms with Crippen LogP contribution in [0.5, 0.6) is 5.75 Å². The van der Waals surface area contributed by atoms with Gasteiger partial charge in [0.2, 0.25) is 11.8 Å². The smallest absolute Gasteiger partial charge is 0.408 e. The van der Waals surface area contributed by atoms with Crippen molar-refractivity contribution in [1.82, 2.24) is 20.3 Å². The van der Waals surface area contributed by atoms with Crippen molar-refractivity contribution in [3.63, 3.8) is 0 Å². The number of carbonyl (C=O) groups excluding carboxylic acids is 2. The van der Waals surface area contributed by atoms with E-state index in [0.717, 1.165) is 27.2 Å². The van der Waals surface area contributed by atoms with Gasteiger partial charge in [-0.3, -0.25) is 24.7 Å². The van der Waals surface area contributed by atoms with Crippen LogP contribution >= 0.6 is 0 Å². The number of nitrogens with one attached hydrogen (secondary N) is 1. The van der Waals surface area contributed by atoms with E-state index in [-0.39, 0.29) is 13.0 Å². The van der Waals surface area contributed by atoms with Crippen molar-refractivity contribution < 1.29 is 29.4 Å². The Labute approximate surface area is 225 Å². The molecule has 0 radical (unpaired) electrons. The summed E-state index contributed by atoms with van der Waals surface area (Å²) in [6.07, 6.45) is -2.02. The lowest BCUT2D eigenvalue weighted by atomic mass is 9.86. The average molecular weight is 534 g/mol. The SMILES string of the molecule is Cc1cc(O[C@H]2C[C@H](C(=O)NO)[C@@H](C(=O)N3CCN(c4ccccc4)CC3)N(C(=O)O)C2)c2ccccc2n1. The third-order valence-electron chi connectivity index (χ3n) is 7.39. The molecule has 0 aliphatic carbocycles. The fourth-order valence-corrected chi connectivity index (χ4v) is 5.52. The molecule has 2 aliphatic rings. The van der Waals surface area contributed by atoms with Crippen LogP contribution in [-0.4, -0.2) is 87.9 Å². The number of hydrogen-bond donors (Lipinski definition) is 3. The van der Waals surface area contributed by atoms with Crippen LogP contribution in [0, 0.1) is 12.8 Å². The predicted octanol–water partition coefficient (Wildman–Crippen LogP) is 2.51. The molecule has 2 fully saturated rings. The lowest BCUT2D eigenvalue weighted by Gasteiger charge is -2.44. The van der Waals surface area contributed by atoms with E-state index in [1.54, 1.807) is 16.4 Å². The summed E-state index contributed by atoms with van der Waals surface area (Å²) in [4.78, 5) is 48.1. The van der Waals surface area contributed by atoms with Crippen LogP contribution < -0.4 is 15.1 Å². The predicted molar refractivity (Wildman–Crippen MR) is 143 cm³/mol. The topological polar surface area (TPSA) is 136 Å². The summed E-state index contributed by atoms with van der Waals surface area (Å²) in [5, 5.41) is 20.3. The first-order chi connectivity index (χ1) is 18.9. The number of amides is 3. The highest BCUT2D eigenvalue weighted by molar-refractivity contribution is 5.92. The van der Waals surface area contributed by atoms with E-state index in [4.69, 9.17) is 4.74 Å². The number of anilines is 1. The molecule has 3 amide bonds. The minimum Gasteiger partial charge on any atom is -0.488 e. The molecule has 5 rings (SSSR count). The zero-order valence-corrected chi connectivity index (χ0v) is 21.6. The van der Waals surface area contributed by atoms with Gasteiger partial charge in [-0.15, -0.1) is 0 Å². The lowest BCUT2D eigenvalue weighted by molar-refractivity contribution is -0.150. The Hall–Kier alpha value is -4.38. The van der Waals surface area contributed by atoms with Gasteiger partial charge in [-0.2, -0.15) is 0 Å². The number of benzene rings is 2. The minimum atomic E-state index is -1.34. The van der Waals surface area contributed by atoms with Gasteiger partial charge in [0.05, 0.1) is 18.0 Å². The van der Waals surface area contributed by atoms with Crippen LogP contribution in [0.4, 0.5) is 10.5 Å². The number of rotatable bonds is 5. The molecule has 0 bridgehead atoms. The molecule has 0 spiro atoms. The van der Waals surface area contributed by atoms with Crippen molar-refractivity contribution >= 4 is 34.5 Å². The summed E-state index contributed by atoms with van der Waals surface area (Å²) in [6.45, 7) is 3.64. The summed E-state index contributed by atoms with van der Waals surface area (Å²) in [6, 6.07) is 17.7. The molecule has 0 unspecified atom stereocenters. The molecule has 0 saturated carbocycles. The van der Waals surface area contributed by atoms with Crippen molar-refractivity contribution in [1.29, 1.82) is 0 Å². The van der Waals surface area contributed by atoms with E-state index in [0.29, 0.717) is 31.9 Å². The molecule has 39 heavy (non-hydrogen) atoms. The summed E-state index contributed by atoms with van der Waals surface area (Å²) in [5.41, 5.74) is 4.13. The van der Waals surface area contributed by atoms with Crippen LogP contribution in [0.1, 0.15) is 12.1 Å². The van der Waals surface area contributed by atoms with Gasteiger partial charge >= 0.3 is 6.09 Å². The third kappa shape index (κ3) is 5.44. The molecule has 2 saturated heterocycles. The Morgan fingerprint density at radius 1 is 1.00 bits per heavy atom. The molecule has 3 atom stereocenters. The monoisotopic (exact) mass is 533 g/mol. The van der Waals surface area contributed by atoms with Gasteiger partial charge in [-0.1, -0.05) is 30.3 Å². The Kier molecular flexibility index (Phi) is 7.51. The number of piperazine rings is 1. The number of hydrogen-bond acceptors (Lipinski definition) is 7. The number of carbonyl (C=O) groups is 3. The van der Waals surface area contributed by atoms with Crippen LogP contribution in [0.3, 0.4) is 0 Å². The highest BCUT2D eigenvalue weighted by Crippen LogP contribution is 2.32. The van der Waals surface area contributed by atoms with Gasteiger partial charge in [0.1, 0.15) is 17.9 Å². The van der Waals surface area contributed by atoms with Crippen molar-refractivity contribution in [3.05, 3.63) is 66.4 Å². The molecule has 3 heterocycles. The van der Waals surface area contributed by atoms with Gasteiger partial charge in [0, 0.05) is 55.4 Å². The summed E-state index contributed by atoms with van der Waals surface area (Å²) in [7, 11) is 0. The number of para-hydroxylation sites is 2. The van der Waals surface area contributed by atoms with Gasteiger partial charge in [0.15, 0.2) is 0 Å². The highest BCUT2D eigenvalue weighted by atomic mass is 16.5. The normalized spacial score (nSPS) is 21.5. The van der Waals surface area contributed by atoms with Gasteiger partial charge < -0.3 is 19.6 Å². The first-order valence-corrected chi connectivity index (χ1v) is 12.9. The molecule has 11 nitrogen and oxygen atoms in total. The second kappa shape index (κ2) is 11.2. The van der Waals surface area contributed by atoms with Gasteiger partial charge in [-0.05, 0) is 31.2 Å². The van der Waals surface area contributed by atoms with E-state index in [1.165, 1.54) is 0 Å². The highest BCUT2D eigenvalue weighted by Gasteiger charge is 2.48. The Balaban J connectivity index is 1.37. The van der Waals surface area contributed by atoms with E-state index in [9.17, 15) is 24.7 Å². The number of fused-ring (bicyclic) bond motifs is 1. The third-order valence-corrected chi connectivity index (χ3v) is 7.39. The maximum atomic E-state index is 13.7. The minimum absolute atomic E-state index is 0.0479. The first-order valence-electron chi connectivity index (χ1n) is 12.9. The summed E-state index contributed by atoms with van der Waals surface area (Å²) >= 11 is 0. The van der Waals surface area contributed by atoms with Crippen molar-refractivity contribution in [3.8, 4) is 5.75 Å². The van der Waals surface area contributed by atoms with Crippen LogP contribution in [-0.2, 0) is 9.59 Å². The molecule has 1 aromatic heterocycles. The zero-order chi connectivity index (χ0) is 27.5. The van der Waals surface area contributed by atoms with Gasteiger partial charge in [-0.25, -0.2) is 10.3 Å². The molecular formula is C28H31N5O6. The van der Waals surface area contributed by atoms with Crippen molar-refractivity contribution in [2.24, 2.45) is 5.92 Å². The number of piperidine rings is 1. The Morgan fingerprint density at radius 3 is 2.38 bits per heavy atom. The number of nitrogens with zero attached hydrogens (tertiary/aromatic N) is 4. The van der Waals surface area contributed by atoms with E-state index in [1.807, 2.05) is 61.5 Å². The maximum absolute atomic E-state index is 13.7. The fraction of sp³-hybridized carbons (Fsp3) is 0.357. The number of aromatic nitrogens is 1. The second-order valence-electron chi connectivity index (χ2n) is 9.86. The van der Waals surface area contributed by atoms with Crippen LogP contribution in [0.2, 0.25) is 0 Å². The standard InChI is InChI=1S/C28H31N5O6/c1-18-15-24(21-9-5-6-10-23(21)29-18)39-20-16-22(26(34)30-38)25(33(17-20)28(36)37)27(35)32-13-11-31(12-14-32)19-7-3-2-4-8-19/h2-10,15,20,22,25,38H,11-14,16-17H2,1H3,(H,30,34)(H,36,37)/t20-,22-,25-/m0/s1. The largest absolute Gasteiger partial charge is 0.488 e. The number of carboxylic acid groups (broad SMARTS) is 1. The van der Waals surface area contributed by atoms with E-state index in [2.05, 4.69) is 9.88 Å². The number of hydroxylamine groups is 1. The van der Waals surface area contributed by atoms with E-state index < -0.39 is 36.0 Å². The maximum Gasteiger partial charge on any atom is 0.408 e. The fourth-order valence-electron chi connectivity index (χ4n) is 5.52. The molecule has 3 aromatic rings. The molecule has 3 N–H and O–H groups in total. The second-order valence-corrected chi connectivity index (χ2v) is 9.86. The Morgan fingerprint density at radius 2 is 1.69 bits per heavy atom. The number of ether oxygens (including phenoxy) is 1. The summed E-state index contributed by atoms with van der Waals surface area (Å²) in [5.74, 6) is -1.91. The molecular weight excluding hydrogens is 502 g/mol. The number of pyridine rings is 1. The lowest BCUT2D eigenvalue weighted by Crippen LogP contribution is -2.64. The first kappa shape index (κ1) is 26.2. The number of likely N-dealkylation sites (tertiary alicyclic amines) is 1. The number of aryl methyl sites for hydroxylation is 1. The molecule has 204 valence electrons. The molecule has 2 aliphatic heterocycles. The van der Waals surface area contributed by atoms with Crippen LogP contribution in [0.25, 0.3) is 10.9 Å². The van der Waals surface area contributed by atoms with Crippen LogP contribution in [0.15, 0.2) is 60.7 Å². The van der Waals surface area contributed by atoms with Gasteiger partial charge in [0.25, 0.3) is 0 Å². The van der Waals surface area contributed by atoms with E-state index >= 15 is 0 Å². The Bertz CT molecular complexity index is 1360. The molecule has 2 aromatic carbocycles. The zero-order valence-electron chi connectivity index (χ0n) is 21.6. The van der Waals surface area contributed by atoms with Crippen molar-refractivity contribution in [2.75, 3.05) is 37.6 Å².